The van der Waals surface area contributed by atoms with E-state index in [1.165, 1.54) is 18.3 Å². The fourth-order valence-electron chi connectivity index (χ4n) is 4.59. The van der Waals surface area contributed by atoms with Crippen LogP contribution in [-0.2, 0) is 29.1 Å². The number of rotatable bonds is 9. The highest BCUT2D eigenvalue weighted by Gasteiger charge is 2.20. The molecule has 0 aliphatic heterocycles. The minimum atomic E-state index is -0.542. The summed E-state index contributed by atoms with van der Waals surface area (Å²) in [5.41, 5.74) is 3.03. The van der Waals surface area contributed by atoms with Gasteiger partial charge in [-0.25, -0.2) is 9.59 Å². The van der Waals surface area contributed by atoms with Crippen LogP contribution in [0.1, 0.15) is 46.4 Å². The van der Waals surface area contributed by atoms with Crippen LogP contribution < -0.4 is 11.2 Å². The number of aryl methyl sites for hydroxylation is 1. The van der Waals surface area contributed by atoms with Crippen molar-refractivity contribution in [3.05, 3.63) is 113 Å². The second-order valence-corrected chi connectivity index (χ2v) is 12.4. The van der Waals surface area contributed by atoms with Gasteiger partial charge in [0, 0.05) is 17.4 Å². The lowest BCUT2D eigenvalue weighted by Crippen LogP contribution is -2.41. The van der Waals surface area contributed by atoms with Crippen LogP contribution >= 0.6 is 34.3 Å². The number of halogens is 1. The first kappa shape index (κ1) is 29.4. The molecule has 0 unspecified atom stereocenters. The van der Waals surface area contributed by atoms with Gasteiger partial charge in [-0.3, -0.25) is 18.7 Å². The number of oxime groups is 1. The quantitative estimate of drug-likeness (QED) is 0.0824. The summed E-state index contributed by atoms with van der Waals surface area (Å²) in [4.78, 5) is 58.0. The predicted molar refractivity (Wildman–Crippen MR) is 168 cm³/mol. The molecule has 2 aromatic carbocycles. The summed E-state index contributed by atoms with van der Waals surface area (Å²) in [6, 6.07) is 20.4. The fraction of sp³-hybridized carbons (Fsp3) is 0.194. The molecule has 0 aliphatic carbocycles. The molecule has 0 radical (unpaired) electrons. The molecule has 0 bridgehead atoms. The van der Waals surface area contributed by atoms with Crippen LogP contribution in [0.4, 0.5) is 0 Å². The third kappa shape index (κ3) is 6.06. The summed E-state index contributed by atoms with van der Waals surface area (Å²) >= 11 is 8.52. The first-order valence-corrected chi connectivity index (χ1v) is 15.1. The van der Waals surface area contributed by atoms with Gasteiger partial charge in [-0.15, -0.1) is 22.7 Å². The van der Waals surface area contributed by atoms with E-state index in [2.05, 4.69) is 5.16 Å². The molecule has 0 saturated carbocycles. The molecule has 0 spiro atoms. The first-order valence-electron chi connectivity index (χ1n) is 13.1. The van der Waals surface area contributed by atoms with Crippen molar-refractivity contribution in [2.24, 2.45) is 5.16 Å². The van der Waals surface area contributed by atoms with E-state index in [1.807, 2.05) is 55.5 Å². The number of Topliss-reactive ketones (excluding diaryl/α,β-unsaturated/α-hetero) is 1. The molecule has 5 aromatic rings. The Balaban J connectivity index is 1.51. The summed E-state index contributed by atoms with van der Waals surface area (Å²) in [5.74, 6) is -0.845. The van der Waals surface area contributed by atoms with Gasteiger partial charge in [-0.1, -0.05) is 72.2 Å². The van der Waals surface area contributed by atoms with Crippen molar-refractivity contribution >= 4 is 62.0 Å². The van der Waals surface area contributed by atoms with E-state index in [0.717, 1.165) is 43.0 Å². The Bertz CT molecular complexity index is 1970. The van der Waals surface area contributed by atoms with Crippen LogP contribution in [0.5, 0.6) is 0 Å². The molecule has 0 amide bonds. The topological polar surface area (TPSA) is 99.7 Å². The second kappa shape index (κ2) is 12.4. The second-order valence-electron chi connectivity index (χ2n) is 9.57. The van der Waals surface area contributed by atoms with E-state index in [0.29, 0.717) is 31.6 Å². The standard InChI is InChI=1S/C31H26ClN3O5S2/c1-4-22-15-25-29(38)34(17-26(37)27-13-14-28(32)42-27)31(39)35(30(25)41-22)16-20-9-11-21(12-10-20)24-8-6-5-7-23(24)18(2)33-40-19(3)36/h5-15H,4,16-17H2,1-3H3/b33-18+. The van der Waals surface area contributed by atoms with Crippen LogP contribution in [0.25, 0.3) is 21.3 Å². The first-order chi connectivity index (χ1) is 20.2. The van der Waals surface area contributed by atoms with Crippen molar-refractivity contribution < 1.29 is 14.4 Å². The Morgan fingerprint density at radius 2 is 1.69 bits per heavy atom. The number of hydrogen-bond donors (Lipinski definition) is 0. The number of benzene rings is 2. The Hall–Kier alpha value is -4.12. The summed E-state index contributed by atoms with van der Waals surface area (Å²) in [7, 11) is 0. The van der Waals surface area contributed by atoms with Gasteiger partial charge in [0.15, 0.2) is 5.78 Å². The lowest BCUT2D eigenvalue weighted by molar-refractivity contribution is -0.140. The molecule has 0 aliphatic rings. The van der Waals surface area contributed by atoms with Crippen LogP contribution in [0.3, 0.4) is 0 Å². The molecule has 8 nitrogen and oxygen atoms in total. The minimum absolute atomic E-state index is 0.215. The summed E-state index contributed by atoms with van der Waals surface area (Å²) in [6.07, 6.45) is 0.716. The molecule has 5 rings (SSSR count). The maximum absolute atomic E-state index is 13.7. The zero-order chi connectivity index (χ0) is 30.0. The van der Waals surface area contributed by atoms with Crippen LogP contribution in [0.15, 0.2) is 81.5 Å². The maximum Gasteiger partial charge on any atom is 0.332 e. The molecule has 0 N–H and O–H groups in total. The largest absolute Gasteiger partial charge is 0.332 e. The molecular formula is C31H26ClN3O5S2. The summed E-state index contributed by atoms with van der Waals surface area (Å²) in [5, 5.41) is 4.35. The van der Waals surface area contributed by atoms with Crippen LogP contribution in [0.2, 0.25) is 4.34 Å². The maximum atomic E-state index is 13.7. The molecule has 3 heterocycles. The molecule has 42 heavy (non-hydrogen) atoms. The monoisotopic (exact) mass is 619 g/mol. The summed E-state index contributed by atoms with van der Waals surface area (Å²) in [6.45, 7) is 4.90. The summed E-state index contributed by atoms with van der Waals surface area (Å²) < 4.78 is 3.04. The van der Waals surface area contributed by atoms with Gasteiger partial charge in [0.1, 0.15) is 4.83 Å². The van der Waals surface area contributed by atoms with Crippen molar-refractivity contribution in [1.82, 2.24) is 9.13 Å². The number of carbonyl (C=O) groups is 2. The van der Waals surface area contributed by atoms with Crippen molar-refractivity contribution in [2.45, 2.75) is 40.3 Å². The van der Waals surface area contributed by atoms with E-state index in [-0.39, 0.29) is 18.9 Å². The Labute approximate surface area is 254 Å². The average Bonchev–Trinajstić information content (AvgIpc) is 3.63. The average molecular weight is 620 g/mol. The van der Waals surface area contributed by atoms with Gasteiger partial charge in [-0.2, -0.15) is 0 Å². The Morgan fingerprint density at radius 1 is 0.952 bits per heavy atom. The Morgan fingerprint density at radius 3 is 2.36 bits per heavy atom. The molecule has 3 aromatic heterocycles. The van der Waals surface area contributed by atoms with Crippen molar-refractivity contribution in [2.75, 3.05) is 0 Å². The smallest absolute Gasteiger partial charge is 0.318 e. The lowest BCUT2D eigenvalue weighted by Gasteiger charge is -2.13. The van der Waals surface area contributed by atoms with Crippen molar-refractivity contribution in [3.8, 4) is 11.1 Å². The number of ketones is 1. The number of fused-ring (bicyclic) bond motifs is 1. The highest BCUT2D eigenvalue weighted by Crippen LogP contribution is 2.27. The Kier molecular flexibility index (Phi) is 8.67. The van der Waals surface area contributed by atoms with Crippen LogP contribution in [0, 0.1) is 0 Å². The molecule has 214 valence electrons. The van der Waals surface area contributed by atoms with E-state index < -0.39 is 17.2 Å². The van der Waals surface area contributed by atoms with Gasteiger partial charge in [0.25, 0.3) is 5.56 Å². The normalized spacial score (nSPS) is 11.7. The third-order valence-corrected chi connectivity index (χ3v) is 9.25. The van der Waals surface area contributed by atoms with Crippen molar-refractivity contribution in [3.63, 3.8) is 0 Å². The number of hydrogen-bond acceptors (Lipinski definition) is 8. The van der Waals surface area contributed by atoms with E-state index in [4.69, 9.17) is 16.4 Å². The molecule has 0 fully saturated rings. The van der Waals surface area contributed by atoms with Gasteiger partial charge in [-0.05, 0) is 48.2 Å². The molecule has 0 saturated heterocycles. The van der Waals surface area contributed by atoms with Gasteiger partial charge in [0.2, 0.25) is 0 Å². The van der Waals surface area contributed by atoms with E-state index in [1.54, 1.807) is 29.7 Å². The fourth-order valence-corrected chi connectivity index (χ4v) is 6.64. The number of thiophene rings is 2. The van der Waals surface area contributed by atoms with Gasteiger partial charge >= 0.3 is 11.7 Å². The van der Waals surface area contributed by atoms with Gasteiger partial charge in [0.05, 0.1) is 33.4 Å². The number of nitrogens with zero attached hydrogens (tertiary/aromatic N) is 3. The lowest BCUT2D eigenvalue weighted by atomic mass is 9.96. The van der Waals surface area contributed by atoms with Crippen LogP contribution in [-0.4, -0.2) is 26.6 Å². The molecular weight excluding hydrogens is 594 g/mol. The predicted octanol–water partition coefficient (Wildman–Crippen LogP) is 6.39. The zero-order valence-electron chi connectivity index (χ0n) is 23.0. The van der Waals surface area contributed by atoms with Crippen molar-refractivity contribution in [1.29, 1.82) is 0 Å². The zero-order valence-corrected chi connectivity index (χ0v) is 25.4. The number of carbonyl (C=O) groups excluding carboxylic acids is 2. The van der Waals surface area contributed by atoms with E-state index in [9.17, 15) is 19.2 Å². The number of aromatic nitrogens is 2. The highest BCUT2D eigenvalue weighted by molar-refractivity contribution is 7.18. The molecule has 0 atom stereocenters. The highest BCUT2D eigenvalue weighted by atomic mass is 35.5. The SMILES string of the molecule is CCc1cc2c(=O)n(CC(=O)c3ccc(Cl)s3)c(=O)n(Cc3ccc(-c4ccccc4/C(C)=N/OC(C)=O)cc3)c2s1. The van der Waals surface area contributed by atoms with E-state index >= 15 is 0 Å². The molecule has 11 heteroatoms. The van der Waals surface area contributed by atoms with Gasteiger partial charge < -0.3 is 4.84 Å². The third-order valence-electron chi connectivity index (χ3n) is 6.68. The minimum Gasteiger partial charge on any atom is -0.318 e.